The van der Waals surface area contributed by atoms with Gasteiger partial charge in [0, 0.05) is 19.7 Å². The van der Waals surface area contributed by atoms with Crippen molar-refractivity contribution in [3.05, 3.63) is 22.2 Å². The van der Waals surface area contributed by atoms with E-state index in [-0.39, 0.29) is 5.69 Å². The molecule has 6 nitrogen and oxygen atoms in total. The van der Waals surface area contributed by atoms with Gasteiger partial charge in [-0.05, 0) is 29.9 Å². The van der Waals surface area contributed by atoms with Gasteiger partial charge in [-0.3, -0.25) is 10.1 Å². The second-order valence-electron chi connectivity index (χ2n) is 4.18. The minimum Gasteiger partial charge on any atom is -0.373 e. The van der Waals surface area contributed by atoms with Crippen molar-refractivity contribution in [3.63, 3.8) is 0 Å². The number of pyridine rings is 1. The number of hydrogen-bond donors (Lipinski definition) is 2. The molecule has 7 heteroatoms. The number of nitro groups is 1. The highest BCUT2D eigenvalue weighted by Gasteiger charge is 2.19. The van der Waals surface area contributed by atoms with E-state index in [9.17, 15) is 10.1 Å². The minimum absolute atomic E-state index is 0.0275. The van der Waals surface area contributed by atoms with Gasteiger partial charge >= 0.3 is 5.69 Å². The molecule has 0 aliphatic carbocycles. The molecule has 0 bridgehead atoms. The quantitative estimate of drug-likeness (QED) is 0.629. The maximum atomic E-state index is 10.9. The molecule has 0 aromatic carbocycles. The monoisotopic (exact) mass is 268 g/mol. The normalized spacial score (nSPS) is 18.6. The Labute approximate surface area is 110 Å². The maximum absolute atomic E-state index is 10.9. The van der Waals surface area contributed by atoms with E-state index in [2.05, 4.69) is 15.6 Å². The second kappa shape index (κ2) is 5.90. The Bertz CT molecular complexity index is 435. The molecule has 1 aliphatic rings. The summed E-state index contributed by atoms with van der Waals surface area (Å²) in [7, 11) is 1.74. The number of nitrogens with zero attached hydrogens (tertiary/aromatic N) is 2. The standard InChI is InChI=1S/C11H16N4O2S/c1-12-10-3-2-9(15(16)17)11(14-10)13-6-8-4-5-18-7-8/h2-3,8H,4-7H2,1H3,(H2,12,13,14). The van der Waals surface area contributed by atoms with Crippen molar-refractivity contribution < 1.29 is 4.92 Å². The first-order chi connectivity index (χ1) is 8.70. The first-order valence-electron chi connectivity index (χ1n) is 5.85. The zero-order chi connectivity index (χ0) is 13.0. The van der Waals surface area contributed by atoms with Crippen molar-refractivity contribution in [2.45, 2.75) is 6.42 Å². The lowest BCUT2D eigenvalue weighted by atomic mass is 10.1. The Kier molecular flexibility index (Phi) is 4.24. The van der Waals surface area contributed by atoms with Crippen molar-refractivity contribution in [1.82, 2.24) is 4.98 Å². The van der Waals surface area contributed by atoms with Crippen LogP contribution in [-0.2, 0) is 0 Å². The summed E-state index contributed by atoms with van der Waals surface area (Å²) in [5.74, 6) is 3.85. The summed E-state index contributed by atoms with van der Waals surface area (Å²) in [4.78, 5) is 14.7. The number of hydrogen-bond acceptors (Lipinski definition) is 6. The van der Waals surface area contributed by atoms with E-state index in [0.29, 0.717) is 17.6 Å². The number of anilines is 2. The Balaban J connectivity index is 2.10. The van der Waals surface area contributed by atoms with Gasteiger partial charge in [0.15, 0.2) is 0 Å². The van der Waals surface area contributed by atoms with Crippen LogP contribution >= 0.6 is 11.8 Å². The molecule has 1 unspecified atom stereocenters. The minimum atomic E-state index is -0.405. The van der Waals surface area contributed by atoms with Crippen molar-refractivity contribution in [1.29, 1.82) is 0 Å². The van der Waals surface area contributed by atoms with Gasteiger partial charge in [-0.2, -0.15) is 11.8 Å². The molecule has 1 saturated heterocycles. The fourth-order valence-corrected chi connectivity index (χ4v) is 3.14. The largest absolute Gasteiger partial charge is 0.373 e. The molecular weight excluding hydrogens is 252 g/mol. The average Bonchev–Trinajstić information content (AvgIpc) is 2.88. The highest BCUT2D eigenvalue weighted by Crippen LogP contribution is 2.27. The highest BCUT2D eigenvalue weighted by atomic mass is 32.2. The van der Waals surface area contributed by atoms with E-state index in [1.54, 1.807) is 13.1 Å². The third-order valence-electron chi connectivity index (χ3n) is 2.91. The summed E-state index contributed by atoms with van der Waals surface area (Å²) in [5, 5.41) is 16.9. The number of thioether (sulfide) groups is 1. The van der Waals surface area contributed by atoms with E-state index in [4.69, 9.17) is 0 Å². The summed E-state index contributed by atoms with van der Waals surface area (Å²) in [5.41, 5.74) is 0.0275. The summed E-state index contributed by atoms with van der Waals surface area (Å²) in [6.07, 6.45) is 1.16. The van der Waals surface area contributed by atoms with Crippen LogP contribution in [0.2, 0.25) is 0 Å². The fraction of sp³-hybridized carbons (Fsp3) is 0.545. The van der Waals surface area contributed by atoms with Gasteiger partial charge in [0.05, 0.1) is 4.92 Å². The van der Waals surface area contributed by atoms with Crippen molar-refractivity contribution in [2.75, 3.05) is 35.7 Å². The van der Waals surface area contributed by atoms with Gasteiger partial charge in [0.1, 0.15) is 5.82 Å². The lowest BCUT2D eigenvalue weighted by Crippen LogP contribution is -2.15. The van der Waals surface area contributed by atoms with E-state index in [1.165, 1.54) is 11.8 Å². The average molecular weight is 268 g/mol. The molecule has 0 saturated carbocycles. The molecule has 1 aliphatic heterocycles. The maximum Gasteiger partial charge on any atom is 0.311 e. The van der Waals surface area contributed by atoms with Crippen LogP contribution in [-0.4, -0.2) is 35.0 Å². The Morgan fingerprint density at radius 2 is 2.44 bits per heavy atom. The van der Waals surface area contributed by atoms with Crippen molar-refractivity contribution in [2.24, 2.45) is 5.92 Å². The van der Waals surface area contributed by atoms with Gasteiger partial charge in [-0.1, -0.05) is 0 Å². The van der Waals surface area contributed by atoms with Gasteiger partial charge in [-0.25, -0.2) is 4.98 Å². The van der Waals surface area contributed by atoms with Crippen molar-refractivity contribution in [3.8, 4) is 0 Å². The summed E-state index contributed by atoms with van der Waals surface area (Å²) < 4.78 is 0. The fourth-order valence-electron chi connectivity index (χ4n) is 1.85. The first-order valence-corrected chi connectivity index (χ1v) is 7.01. The van der Waals surface area contributed by atoms with Gasteiger partial charge < -0.3 is 10.6 Å². The Hall–Kier alpha value is -1.50. The molecule has 0 spiro atoms. The van der Waals surface area contributed by atoms with E-state index < -0.39 is 4.92 Å². The molecule has 1 aromatic rings. The lowest BCUT2D eigenvalue weighted by molar-refractivity contribution is -0.384. The van der Waals surface area contributed by atoms with Crippen LogP contribution in [0.15, 0.2) is 12.1 Å². The smallest absolute Gasteiger partial charge is 0.311 e. The molecule has 18 heavy (non-hydrogen) atoms. The molecule has 2 rings (SSSR count). The molecule has 2 N–H and O–H groups in total. The van der Waals surface area contributed by atoms with E-state index in [1.807, 2.05) is 11.8 Å². The van der Waals surface area contributed by atoms with Crippen LogP contribution < -0.4 is 10.6 Å². The lowest BCUT2D eigenvalue weighted by Gasteiger charge is -2.11. The molecule has 0 amide bonds. The third-order valence-corrected chi connectivity index (χ3v) is 4.14. The van der Waals surface area contributed by atoms with Crippen LogP contribution in [0, 0.1) is 16.0 Å². The molecule has 98 valence electrons. The third kappa shape index (κ3) is 3.04. The molecule has 2 heterocycles. The van der Waals surface area contributed by atoms with Gasteiger partial charge in [0.2, 0.25) is 5.82 Å². The number of aromatic nitrogens is 1. The van der Waals surface area contributed by atoms with Crippen LogP contribution in [0.25, 0.3) is 0 Å². The van der Waals surface area contributed by atoms with Crippen LogP contribution in [0.1, 0.15) is 6.42 Å². The van der Waals surface area contributed by atoms with Gasteiger partial charge in [0.25, 0.3) is 0 Å². The summed E-state index contributed by atoms with van der Waals surface area (Å²) in [6, 6.07) is 3.08. The SMILES string of the molecule is CNc1ccc([N+](=O)[O-])c(NCC2CCSC2)n1. The predicted molar refractivity (Wildman–Crippen MR) is 74.4 cm³/mol. The molecular formula is C11H16N4O2S. The second-order valence-corrected chi connectivity index (χ2v) is 5.33. The zero-order valence-electron chi connectivity index (χ0n) is 10.2. The number of rotatable bonds is 5. The van der Waals surface area contributed by atoms with E-state index in [0.717, 1.165) is 18.7 Å². The molecule has 1 fully saturated rings. The molecule has 1 aromatic heterocycles. The number of nitrogens with one attached hydrogen (secondary N) is 2. The van der Waals surface area contributed by atoms with Crippen LogP contribution in [0.4, 0.5) is 17.3 Å². The summed E-state index contributed by atoms with van der Waals surface area (Å²) >= 11 is 1.93. The highest BCUT2D eigenvalue weighted by molar-refractivity contribution is 7.99. The summed E-state index contributed by atoms with van der Waals surface area (Å²) in [6.45, 7) is 0.744. The first kappa shape index (κ1) is 12.9. The van der Waals surface area contributed by atoms with Crippen molar-refractivity contribution >= 4 is 29.1 Å². The van der Waals surface area contributed by atoms with E-state index >= 15 is 0 Å². The molecule has 1 atom stereocenters. The predicted octanol–water partition coefficient (Wildman–Crippen LogP) is 2.20. The molecule has 0 radical (unpaired) electrons. The Morgan fingerprint density at radius 1 is 1.61 bits per heavy atom. The Morgan fingerprint density at radius 3 is 3.06 bits per heavy atom. The zero-order valence-corrected chi connectivity index (χ0v) is 11.0. The van der Waals surface area contributed by atoms with Crippen LogP contribution in [0.5, 0.6) is 0 Å². The van der Waals surface area contributed by atoms with Gasteiger partial charge in [-0.15, -0.1) is 0 Å². The topological polar surface area (TPSA) is 80.1 Å². The van der Waals surface area contributed by atoms with Crippen LogP contribution in [0.3, 0.4) is 0 Å².